The van der Waals surface area contributed by atoms with Crippen molar-refractivity contribution in [2.75, 3.05) is 0 Å². The lowest BCUT2D eigenvalue weighted by Crippen LogP contribution is -2.32. The van der Waals surface area contributed by atoms with Gasteiger partial charge in [0.25, 0.3) is 0 Å². The third-order valence-electron chi connectivity index (χ3n) is 2.96. The van der Waals surface area contributed by atoms with Crippen molar-refractivity contribution in [2.24, 2.45) is 5.73 Å². The number of carbonyl (C=O) groups is 1. The van der Waals surface area contributed by atoms with Crippen molar-refractivity contribution in [2.45, 2.75) is 39.5 Å². The van der Waals surface area contributed by atoms with Crippen molar-refractivity contribution in [3.05, 3.63) is 68.6 Å². The molecule has 136 valence electrons. The first-order chi connectivity index (χ1) is 11.7. The first-order valence-corrected chi connectivity index (χ1v) is 9.45. The number of benzene rings is 2. The number of hydrogen-bond donors (Lipinski definition) is 2. The number of ether oxygens (including phenoxy) is 1. The molecule has 2 aromatic rings. The zero-order valence-corrected chi connectivity index (χ0v) is 17.9. The van der Waals surface area contributed by atoms with Crippen molar-refractivity contribution in [1.82, 2.24) is 5.32 Å². The van der Waals surface area contributed by atoms with Gasteiger partial charge in [-0.2, -0.15) is 0 Å². The van der Waals surface area contributed by atoms with Gasteiger partial charge in [-0.15, -0.1) is 0 Å². The number of nitrogens with two attached hydrogens (primary N) is 1. The number of amides is 1. The summed E-state index contributed by atoms with van der Waals surface area (Å²) in [5.74, 6) is 0. The summed E-state index contributed by atoms with van der Waals surface area (Å²) in [5, 5.41) is 2.71. The summed E-state index contributed by atoms with van der Waals surface area (Å²) in [6.45, 7) is 6.57. The third-order valence-corrected chi connectivity index (χ3v) is 4.50. The highest BCUT2D eigenvalue weighted by Crippen LogP contribution is 2.16. The summed E-state index contributed by atoms with van der Waals surface area (Å²) in [6.07, 6.45) is -0.400. The summed E-state index contributed by atoms with van der Waals surface area (Å²) in [7, 11) is 0. The van der Waals surface area contributed by atoms with Gasteiger partial charge in [0.15, 0.2) is 0 Å². The second kappa shape index (κ2) is 10.6. The van der Waals surface area contributed by atoms with Crippen LogP contribution < -0.4 is 11.1 Å². The molecule has 0 fully saturated rings. The molecule has 0 aliphatic rings. The van der Waals surface area contributed by atoms with Gasteiger partial charge in [0.2, 0.25) is 0 Å². The van der Waals surface area contributed by atoms with E-state index in [2.05, 4.69) is 37.2 Å². The Morgan fingerprint density at radius 3 is 1.88 bits per heavy atom. The molecule has 0 unspecified atom stereocenters. The molecule has 0 radical (unpaired) electrons. The molecule has 4 nitrogen and oxygen atoms in total. The van der Waals surface area contributed by atoms with Crippen LogP contribution in [0.1, 0.15) is 31.9 Å². The van der Waals surface area contributed by atoms with Crippen LogP contribution in [0.3, 0.4) is 0 Å². The normalized spacial score (nSPS) is 10.5. The van der Waals surface area contributed by atoms with E-state index in [0.29, 0.717) is 13.1 Å². The molecule has 0 spiro atoms. The van der Waals surface area contributed by atoms with Gasteiger partial charge in [0.1, 0.15) is 5.60 Å². The molecule has 2 rings (SSSR count). The van der Waals surface area contributed by atoms with E-state index in [-0.39, 0.29) is 0 Å². The molecule has 0 bridgehead atoms. The lowest BCUT2D eigenvalue weighted by atomic mass is 10.2. The first kappa shape index (κ1) is 21.7. The molecule has 0 aliphatic heterocycles. The summed E-state index contributed by atoms with van der Waals surface area (Å²) >= 11 is 6.79. The van der Waals surface area contributed by atoms with Crippen LogP contribution in [0.2, 0.25) is 0 Å². The molecule has 3 N–H and O–H groups in total. The van der Waals surface area contributed by atoms with E-state index in [4.69, 9.17) is 10.5 Å². The number of rotatable bonds is 3. The van der Waals surface area contributed by atoms with Crippen LogP contribution in [0.25, 0.3) is 0 Å². The van der Waals surface area contributed by atoms with Crippen LogP contribution in [0.4, 0.5) is 4.79 Å². The molecule has 0 atom stereocenters. The topological polar surface area (TPSA) is 64.3 Å². The molecule has 0 saturated heterocycles. The standard InChI is InChI=1S/C12H16BrNO2.C7H8BrN/c1-12(2,3)16-11(15)14-8-9-6-4-5-7-10(9)13;8-7-4-2-1-3-6(7)5-9/h4-7H,8H2,1-3H3,(H,14,15);1-4H,5,9H2. The van der Waals surface area contributed by atoms with E-state index >= 15 is 0 Å². The number of hydrogen-bond acceptors (Lipinski definition) is 3. The van der Waals surface area contributed by atoms with E-state index in [1.165, 1.54) is 0 Å². The Labute approximate surface area is 166 Å². The maximum atomic E-state index is 11.4. The third kappa shape index (κ3) is 9.05. The Morgan fingerprint density at radius 2 is 1.48 bits per heavy atom. The fourth-order valence-electron chi connectivity index (χ4n) is 1.79. The van der Waals surface area contributed by atoms with E-state index in [1.54, 1.807) is 0 Å². The van der Waals surface area contributed by atoms with Crippen LogP contribution in [0, 0.1) is 0 Å². The fraction of sp³-hybridized carbons (Fsp3) is 0.316. The smallest absolute Gasteiger partial charge is 0.407 e. The Morgan fingerprint density at radius 1 is 1.00 bits per heavy atom. The van der Waals surface area contributed by atoms with Gasteiger partial charge in [-0.3, -0.25) is 0 Å². The molecule has 1 amide bonds. The van der Waals surface area contributed by atoms with E-state index in [0.717, 1.165) is 20.1 Å². The lowest BCUT2D eigenvalue weighted by Gasteiger charge is -2.19. The zero-order valence-electron chi connectivity index (χ0n) is 14.7. The summed E-state index contributed by atoms with van der Waals surface area (Å²) in [6, 6.07) is 15.7. The predicted molar refractivity (Wildman–Crippen MR) is 109 cm³/mol. The second-order valence-electron chi connectivity index (χ2n) is 6.24. The number of nitrogens with one attached hydrogen (secondary N) is 1. The van der Waals surface area contributed by atoms with Crippen molar-refractivity contribution in [3.8, 4) is 0 Å². The largest absolute Gasteiger partial charge is 0.444 e. The summed E-state index contributed by atoms with van der Waals surface area (Å²) < 4.78 is 7.20. The van der Waals surface area contributed by atoms with Crippen LogP contribution in [0.15, 0.2) is 57.5 Å². The second-order valence-corrected chi connectivity index (χ2v) is 7.95. The highest BCUT2D eigenvalue weighted by Gasteiger charge is 2.15. The molecule has 2 aromatic carbocycles. The Kier molecular flexibility index (Phi) is 9.17. The first-order valence-electron chi connectivity index (χ1n) is 7.86. The Bertz CT molecular complexity index is 685. The number of alkyl carbamates (subject to hydrolysis) is 1. The summed E-state index contributed by atoms with van der Waals surface area (Å²) in [5.41, 5.74) is 7.13. The van der Waals surface area contributed by atoms with Crippen LogP contribution in [-0.2, 0) is 17.8 Å². The molecule has 0 aliphatic carbocycles. The maximum absolute atomic E-state index is 11.4. The van der Waals surface area contributed by atoms with Gasteiger partial charge in [-0.25, -0.2) is 4.79 Å². The molecular weight excluding hydrogens is 448 g/mol. The maximum Gasteiger partial charge on any atom is 0.407 e. The Balaban J connectivity index is 0.000000293. The fourth-order valence-corrected chi connectivity index (χ4v) is 2.66. The lowest BCUT2D eigenvalue weighted by molar-refractivity contribution is 0.0523. The Hall–Kier alpha value is -1.37. The number of carbonyl (C=O) groups excluding carboxylic acids is 1. The predicted octanol–water partition coefficient (Wildman–Crippen LogP) is 5.38. The van der Waals surface area contributed by atoms with E-state index < -0.39 is 11.7 Å². The monoisotopic (exact) mass is 470 g/mol. The van der Waals surface area contributed by atoms with Crippen molar-refractivity contribution >= 4 is 38.0 Å². The molecular formula is C19H24Br2N2O2. The molecule has 25 heavy (non-hydrogen) atoms. The zero-order chi connectivity index (χ0) is 18.9. The minimum Gasteiger partial charge on any atom is -0.444 e. The van der Waals surface area contributed by atoms with Crippen molar-refractivity contribution in [3.63, 3.8) is 0 Å². The van der Waals surface area contributed by atoms with E-state index in [1.807, 2.05) is 69.3 Å². The van der Waals surface area contributed by atoms with Gasteiger partial charge in [0.05, 0.1) is 0 Å². The van der Waals surface area contributed by atoms with Gasteiger partial charge < -0.3 is 15.8 Å². The van der Waals surface area contributed by atoms with Gasteiger partial charge in [-0.1, -0.05) is 68.3 Å². The van der Waals surface area contributed by atoms with Crippen molar-refractivity contribution in [1.29, 1.82) is 0 Å². The SMILES string of the molecule is CC(C)(C)OC(=O)NCc1ccccc1Br.NCc1ccccc1Br. The van der Waals surface area contributed by atoms with Crippen LogP contribution in [-0.4, -0.2) is 11.7 Å². The van der Waals surface area contributed by atoms with Gasteiger partial charge in [0, 0.05) is 22.0 Å². The molecule has 0 saturated carbocycles. The van der Waals surface area contributed by atoms with E-state index in [9.17, 15) is 4.79 Å². The average Bonchev–Trinajstić information content (AvgIpc) is 2.53. The summed E-state index contributed by atoms with van der Waals surface area (Å²) in [4.78, 5) is 11.4. The minimum atomic E-state index is -0.460. The minimum absolute atomic E-state index is 0.400. The average molecular weight is 472 g/mol. The van der Waals surface area contributed by atoms with Crippen LogP contribution in [0.5, 0.6) is 0 Å². The highest BCUT2D eigenvalue weighted by atomic mass is 79.9. The van der Waals surface area contributed by atoms with Crippen molar-refractivity contribution < 1.29 is 9.53 Å². The molecule has 0 aromatic heterocycles. The number of halogens is 2. The van der Waals surface area contributed by atoms with Gasteiger partial charge >= 0.3 is 6.09 Å². The molecule has 6 heteroatoms. The van der Waals surface area contributed by atoms with Gasteiger partial charge in [-0.05, 0) is 44.0 Å². The molecule has 0 heterocycles. The van der Waals surface area contributed by atoms with Crippen LogP contribution >= 0.6 is 31.9 Å². The quantitative estimate of drug-likeness (QED) is 0.631. The highest BCUT2D eigenvalue weighted by molar-refractivity contribution is 9.10.